The van der Waals surface area contributed by atoms with Crippen LogP contribution in [0.4, 0.5) is 4.39 Å². The third-order valence-electron chi connectivity index (χ3n) is 3.54. The zero-order valence-electron chi connectivity index (χ0n) is 9.16. The van der Waals surface area contributed by atoms with Crippen molar-refractivity contribution in [2.45, 2.75) is 43.8 Å². The van der Waals surface area contributed by atoms with Gasteiger partial charge in [0.1, 0.15) is 5.67 Å². The van der Waals surface area contributed by atoms with Crippen LogP contribution < -0.4 is 0 Å². The molecule has 0 aromatic heterocycles. The highest BCUT2D eigenvalue weighted by molar-refractivity contribution is 5.01. The van der Waals surface area contributed by atoms with Crippen LogP contribution in [-0.4, -0.2) is 41.4 Å². The Morgan fingerprint density at radius 2 is 2.33 bits per heavy atom. The molecule has 2 aliphatic rings. The molecule has 0 aromatic carbocycles. The number of aliphatic hydroxyl groups excluding tert-OH is 1. The van der Waals surface area contributed by atoms with Crippen LogP contribution in [-0.2, 0) is 0 Å². The number of rotatable bonds is 2. The smallest absolute Gasteiger partial charge is 0.146 e. The monoisotopic (exact) mass is 213 g/mol. The van der Waals surface area contributed by atoms with Gasteiger partial charge in [0.2, 0.25) is 0 Å². The predicted octanol–water partition coefficient (Wildman–Crippen LogP) is 1.89. The van der Waals surface area contributed by atoms with Gasteiger partial charge in [-0.2, -0.15) is 0 Å². The van der Waals surface area contributed by atoms with Gasteiger partial charge in [0.25, 0.3) is 0 Å². The van der Waals surface area contributed by atoms with Crippen molar-refractivity contribution in [1.82, 2.24) is 4.90 Å². The minimum atomic E-state index is -1.36. The van der Waals surface area contributed by atoms with Crippen molar-refractivity contribution < 1.29 is 9.50 Å². The van der Waals surface area contributed by atoms with Gasteiger partial charge in [-0.05, 0) is 38.6 Å². The minimum Gasteiger partial charge on any atom is -0.393 e. The maximum atomic E-state index is 14.0. The molecule has 2 nitrogen and oxygen atoms in total. The average Bonchev–Trinajstić information content (AvgIpc) is 2.30. The van der Waals surface area contributed by atoms with Gasteiger partial charge in [-0.25, -0.2) is 4.39 Å². The van der Waals surface area contributed by atoms with E-state index in [4.69, 9.17) is 5.11 Å². The quantitative estimate of drug-likeness (QED) is 0.708. The van der Waals surface area contributed by atoms with Crippen molar-refractivity contribution in [3.63, 3.8) is 0 Å². The summed E-state index contributed by atoms with van der Waals surface area (Å²) in [5, 5.41) is 9.05. The van der Waals surface area contributed by atoms with Gasteiger partial charge in [-0.15, -0.1) is 0 Å². The van der Waals surface area contributed by atoms with Crippen LogP contribution in [0.3, 0.4) is 0 Å². The number of alkyl halides is 1. The molecule has 3 heteroatoms. The topological polar surface area (TPSA) is 23.5 Å². The second-order valence-electron chi connectivity index (χ2n) is 4.81. The van der Waals surface area contributed by atoms with Crippen LogP contribution >= 0.6 is 0 Å². The second kappa shape index (κ2) is 4.62. The number of allylic oxidation sites excluding steroid dienone is 1. The molecule has 1 N–H and O–H groups in total. The molecule has 2 rings (SSSR count). The minimum absolute atomic E-state index is 0.333. The summed E-state index contributed by atoms with van der Waals surface area (Å²) in [7, 11) is 0. The molecule has 0 amide bonds. The number of aliphatic hydroxyl groups is 1. The molecule has 15 heavy (non-hydrogen) atoms. The van der Waals surface area contributed by atoms with Crippen LogP contribution in [0.25, 0.3) is 0 Å². The van der Waals surface area contributed by atoms with Gasteiger partial charge in [0, 0.05) is 12.6 Å². The Morgan fingerprint density at radius 3 is 3.00 bits per heavy atom. The molecule has 1 saturated heterocycles. The summed E-state index contributed by atoms with van der Waals surface area (Å²) in [6.07, 6.45) is 9.27. The van der Waals surface area contributed by atoms with Crippen LogP contribution in [0.1, 0.15) is 32.1 Å². The molecule has 2 atom stereocenters. The number of likely N-dealkylation sites (tertiary alicyclic amines) is 1. The molecule has 0 bridgehead atoms. The summed E-state index contributed by atoms with van der Waals surface area (Å²) < 4.78 is 14.0. The fourth-order valence-electron chi connectivity index (χ4n) is 2.63. The molecule has 1 aliphatic carbocycles. The fourth-order valence-corrected chi connectivity index (χ4v) is 2.63. The zero-order valence-corrected chi connectivity index (χ0v) is 9.16. The molecular weight excluding hydrogens is 193 g/mol. The number of halogens is 1. The van der Waals surface area contributed by atoms with E-state index in [2.05, 4.69) is 17.1 Å². The van der Waals surface area contributed by atoms with E-state index in [1.165, 1.54) is 6.42 Å². The molecule has 1 aliphatic heterocycles. The summed E-state index contributed by atoms with van der Waals surface area (Å²) in [5.74, 6) is 0. The molecule has 0 saturated carbocycles. The molecule has 0 aromatic rings. The summed E-state index contributed by atoms with van der Waals surface area (Å²) in [6, 6.07) is 0.403. The number of nitrogens with zero attached hydrogens (tertiary/aromatic N) is 1. The highest BCUT2D eigenvalue weighted by Gasteiger charge is 2.36. The SMILES string of the molecule is OC[C@]1(F)CCCN([C@@H]2C=CCCC2)C1. The van der Waals surface area contributed by atoms with E-state index in [1.807, 2.05) is 0 Å². The van der Waals surface area contributed by atoms with Crippen LogP contribution in [0.2, 0.25) is 0 Å². The van der Waals surface area contributed by atoms with Crippen molar-refractivity contribution in [3.05, 3.63) is 12.2 Å². The van der Waals surface area contributed by atoms with Gasteiger partial charge in [-0.1, -0.05) is 12.2 Å². The third kappa shape index (κ3) is 2.58. The van der Waals surface area contributed by atoms with Crippen LogP contribution in [0, 0.1) is 0 Å². The lowest BCUT2D eigenvalue weighted by Gasteiger charge is -2.40. The van der Waals surface area contributed by atoms with Crippen LogP contribution in [0.5, 0.6) is 0 Å². The van der Waals surface area contributed by atoms with Gasteiger partial charge in [0.05, 0.1) is 6.61 Å². The Hall–Kier alpha value is -0.410. The first-order valence-corrected chi connectivity index (χ1v) is 5.94. The molecule has 0 radical (unpaired) electrons. The summed E-state index contributed by atoms with van der Waals surface area (Å²) >= 11 is 0. The maximum absolute atomic E-state index is 14.0. The average molecular weight is 213 g/mol. The predicted molar refractivity (Wildman–Crippen MR) is 58.5 cm³/mol. The molecule has 0 spiro atoms. The first kappa shape index (κ1) is 11.1. The van der Waals surface area contributed by atoms with E-state index >= 15 is 0 Å². The Balaban J connectivity index is 1.97. The van der Waals surface area contributed by atoms with Gasteiger partial charge in [-0.3, -0.25) is 4.90 Å². The van der Waals surface area contributed by atoms with Crippen molar-refractivity contribution >= 4 is 0 Å². The molecule has 86 valence electrons. The lowest BCUT2D eigenvalue weighted by Crippen LogP contribution is -2.51. The van der Waals surface area contributed by atoms with E-state index in [0.29, 0.717) is 19.0 Å². The van der Waals surface area contributed by atoms with Crippen molar-refractivity contribution in [2.24, 2.45) is 0 Å². The highest BCUT2D eigenvalue weighted by Crippen LogP contribution is 2.28. The highest BCUT2D eigenvalue weighted by atomic mass is 19.1. The van der Waals surface area contributed by atoms with E-state index in [-0.39, 0.29) is 6.61 Å². The first-order valence-electron chi connectivity index (χ1n) is 5.94. The molecule has 1 heterocycles. The lowest BCUT2D eigenvalue weighted by atomic mass is 9.92. The van der Waals surface area contributed by atoms with Gasteiger partial charge in [0.15, 0.2) is 0 Å². The first-order chi connectivity index (χ1) is 7.23. The third-order valence-corrected chi connectivity index (χ3v) is 3.54. The van der Waals surface area contributed by atoms with Gasteiger partial charge >= 0.3 is 0 Å². The molecular formula is C12H20FNO. The standard InChI is InChI=1S/C12H20FNO/c13-12(10-15)7-4-8-14(9-12)11-5-2-1-3-6-11/h2,5,11,15H,1,3-4,6-10H2/t11-,12+/m1/s1. The largest absolute Gasteiger partial charge is 0.393 e. The number of piperidine rings is 1. The second-order valence-corrected chi connectivity index (χ2v) is 4.81. The lowest BCUT2D eigenvalue weighted by molar-refractivity contribution is -0.0114. The van der Waals surface area contributed by atoms with E-state index in [9.17, 15) is 4.39 Å². The van der Waals surface area contributed by atoms with E-state index in [0.717, 1.165) is 25.8 Å². The Labute approximate surface area is 90.8 Å². The molecule has 0 unspecified atom stereocenters. The molecule has 1 fully saturated rings. The Bertz CT molecular complexity index is 244. The summed E-state index contributed by atoms with van der Waals surface area (Å²) in [4.78, 5) is 2.19. The Morgan fingerprint density at radius 1 is 1.47 bits per heavy atom. The summed E-state index contributed by atoms with van der Waals surface area (Å²) in [5.41, 5.74) is -1.36. The van der Waals surface area contributed by atoms with Crippen molar-refractivity contribution in [2.75, 3.05) is 19.7 Å². The summed E-state index contributed by atoms with van der Waals surface area (Å²) in [6.45, 7) is 1.04. The van der Waals surface area contributed by atoms with Crippen LogP contribution in [0.15, 0.2) is 12.2 Å². The van der Waals surface area contributed by atoms with E-state index < -0.39 is 5.67 Å². The number of hydrogen-bond donors (Lipinski definition) is 1. The van der Waals surface area contributed by atoms with Crippen molar-refractivity contribution in [3.8, 4) is 0 Å². The normalized spacial score (nSPS) is 38.1. The maximum Gasteiger partial charge on any atom is 0.146 e. The van der Waals surface area contributed by atoms with Gasteiger partial charge < -0.3 is 5.11 Å². The van der Waals surface area contributed by atoms with Crippen molar-refractivity contribution in [1.29, 1.82) is 0 Å². The van der Waals surface area contributed by atoms with E-state index in [1.54, 1.807) is 0 Å². The Kier molecular flexibility index (Phi) is 3.42. The number of hydrogen-bond acceptors (Lipinski definition) is 2. The zero-order chi connectivity index (χ0) is 10.7. The fraction of sp³-hybridized carbons (Fsp3) is 0.833.